The molecule has 1 aromatic carbocycles. The molecule has 0 aliphatic carbocycles. The molecule has 2 heterocycles. The number of amides is 1. The number of benzene rings is 1. The minimum Gasteiger partial charge on any atom is -0.444 e. The van der Waals surface area contributed by atoms with Crippen molar-refractivity contribution in [1.29, 1.82) is 0 Å². The molecule has 1 unspecified atom stereocenters. The van der Waals surface area contributed by atoms with Crippen LogP contribution in [0.1, 0.15) is 27.2 Å². The predicted molar refractivity (Wildman–Crippen MR) is 101 cm³/mol. The van der Waals surface area contributed by atoms with Crippen molar-refractivity contribution >= 4 is 26.9 Å². The topological polar surface area (TPSA) is 109 Å². The Morgan fingerprint density at radius 2 is 2.00 bits per heavy atom. The number of fused-ring (bicyclic) bond motifs is 1. The third-order valence-electron chi connectivity index (χ3n) is 4.26. The summed E-state index contributed by atoms with van der Waals surface area (Å²) >= 11 is 0. The van der Waals surface area contributed by atoms with Gasteiger partial charge >= 0.3 is 6.09 Å². The Balaban J connectivity index is 1.81. The number of aromatic amines is 1. The second-order valence-electron chi connectivity index (χ2n) is 7.52. The highest BCUT2D eigenvalue weighted by Gasteiger charge is 2.34. The van der Waals surface area contributed by atoms with Crippen molar-refractivity contribution in [3.05, 3.63) is 40.8 Å². The van der Waals surface area contributed by atoms with Crippen molar-refractivity contribution in [2.24, 2.45) is 0 Å². The number of hydrogen-bond donors (Lipinski definition) is 2. The molecule has 0 radical (unpaired) electrons. The fourth-order valence-electron chi connectivity index (χ4n) is 3.09. The molecule has 0 spiro atoms. The Morgan fingerprint density at radius 3 is 2.70 bits per heavy atom. The first kappa shape index (κ1) is 19.4. The molecule has 1 atom stereocenters. The number of sulfonamides is 1. The number of carbonyl (C=O) groups excluding carboxylic acids is 1. The van der Waals surface area contributed by atoms with Crippen molar-refractivity contribution in [1.82, 2.24) is 14.6 Å². The van der Waals surface area contributed by atoms with Crippen LogP contribution in [-0.4, -0.2) is 48.5 Å². The number of ether oxygens (including phenoxy) is 1. The van der Waals surface area contributed by atoms with Gasteiger partial charge in [0.05, 0.1) is 4.90 Å². The molecule has 0 bridgehead atoms. The first-order valence-electron chi connectivity index (χ1n) is 8.68. The Bertz CT molecular complexity index is 1020. The average molecular weight is 393 g/mol. The van der Waals surface area contributed by atoms with E-state index in [0.717, 1.165) is 0 Å². The molecule has 1 saturated heterocycles. The van der Waals surface area contributed by atoms with Crippen molar-refractivity contribution in [3.8, 4) is 0 Å². The van der Waals surface area contributed by atoms with Gasteiger partial charge in [0, 0.05) is 36.1 Å². The zero-order valence-corrected chi connectivity index (χ0v) is 16.3. The Labute approximate surface area is 157 Å². The van der Waals surface area contributed by atoms with Gasteiger partial charge in [-0.15, -0.1) is 0 Å². The molecule has 8 nitrogen and oxygen atoms in total. The molecule has 27 heavy (non-hydrogen) atoms. The number of alkyl carbamates (subject to hydrolysis) is 1. The van der Waals surface area contributed by atoms with Crippen LogP contribution >= 0.6 is 0 Å². The van der Waals surface area contributed by atoms with Crippen LogP contribution in [0.3, 0.4) is 0 Å². The van der Waals surface area contributed by atoms with E-state index in [1.807, 2.05) is 0 Å². The number of nitrogens with one attached hydrogen (secondary N) is 2. The van der Waals surface area contributed by atoms with Crippen molar-refractivity contribution in [2.45, 2.75) is 43.7 Å². The molecule has 1 amide bonds. The van der Waals surface area contributed by atoms with E-state index in [0.29, 0.717) is 17.2 Å². The summed E-state index contributed by atoms with van der Waals surface area (Å²) in [6, 6.07) is 5.89. The summed E-state index contributed by atoms with van der Waals surface area (Å²) in [7, 11) is -3.80. The summed E-state index contributed by atoms with van der Waals surface area (Å²) in [4.78, 5) is 26.5. The summed E-state index contributed by atoms with van der Waals surface area (Å²) in [5.74, 6) is 0. The molecular weight excluding hydrogens is 370 g/mol. The number of pyridine rings is 1. The van der Waals surface area contributed by atoms with Crippen LogP contribution in [0.5, 0.6) is 0 Å². The summed E-state index contributed by atoms with van der Waals surface area (Å²) in [6.07, 6.45) is 1.35. The predicted octanol–water partition coefficient (Wildman–Crippen LogP) is 1.82. The van der Waals surface area contributed by atoms with Crippen molar-refractivity contribution < 1.29 is 17.9 Å². The summed E-state index contributed by atoms with van der Waals surface area (Å²) in [5.41, 5.74) is -0.958. The number of nitrogens with zero attached hydrogens (tertiary/aromatic N) is 1. The number of rotatable bonds is 3. The first-order valence-corrected chi connectivity index (χ1v) is 10.1. The molecule has 1 aromatic heterocycles. The van der Waals surface area contributed by atoms with E-state index in [4.69, 9.17) is 4.74 Å². The molecule has 0 saturated carbocycles. The maximum absolute atomic E-state index is 13.1. The minimum absolute atomic E-state index is 0.0871. The van der Waals surface area contributed by atoms with Gasteiger partial charge in [0.15, 0.2) is 0 Å². The zero-order valence-electron chi connectivity index (χ0n) is 15.5. The van der Waals surface area contributed by atoms with Gasteiger partial charge in [-0.2, -0.15) is 4.31 Å². The highest BCUT2D eigenvalue weighted by Crippen LogP contribution is 2.26. The summed E-state index contributed by atoms with van der Waals surface area (Å²) in [6.45, 7) is 5.73. The Hall–Kier alpha value is -2.39. The highest BCUT2D eigenvalue weighted by molar-refractivity contribution is 7.89. The fraction of sp³-hybridized carbons (Fsp3) is 0.444. The smallest absolute Gasteiger partial charge is 0.407 e. The zero-order chi connectivity index (χ0) is 19.8. The quantitative estimate of drug-likeness (QED) is 0.827. The molecule has 3 rings (SSSR count). The third-order valence-corrected chi connectivity index (χ3v) is 6.19. The Kier molecular flexibility index (Phi) is 5.00. The van der Waals surface area contributed by atoms with E-state index in [9.17, 15) is 18.0 Å². The average Bonchev–Trinajstić information content (AvgIpc) is 3.02. The highest BCUT2D eigenvalue weighted by atomic mass is 32.2. The first-order chi connectivity index (χ1) is 12.6. The van der Waals surface area contributed by atoms with Gasteiger partial charge in [-0.05, 0) is 45.4 Å². The normalized spacial score (nSPS) is 18.6. The molecule has 1 fully saturated rings. The molecule has 9 heteroatoms. The molecule has 1 aliphatic rings. The lowest BCUT2D eigenvalue weighted by atomic mass is 10.2. The van der Waals surface area contributed by atoms with E-state index >= 15 is 0 Å². The monoisotopic (exact) mass is 393 g/mol. The van der Waals surface area contributed by atoms with E-state index < -0.39 is 21.7 Å². The number of hydrogen-bond acceptors (Lipinski definition) is 5. The molecule has 2 N–H and O–H groups in total. The van der Waals surface area contributed by atoms with Gasteiger partial charge in [-0.3, -0.25) is 4.79 Å². The van der Waals surface area contributed by atoms with E-state index in [1.54, 1.807) is 39.0 Å². The van der Waals surface area contributed by atoms with Crippen LogP contribution in [0.15, 0.2) is 40.2 Å². The summed E-state index contributed by atoms with van der Waals surface area (Å²) < 4.78 is 32.7. The van der Waals surface area contributed by atoms with Gasteiger partial charge < -0.3 is 15.0 Å². The van der Waals surface area contributed by atoms with Crippen LogP contribution < -0.4 is 10.9 Å². The number of H-pyrrole nitrogens is 1. The standard InChI is InChI=1S/C18H23N3O5S/c1-18(2,3)26-17(23)20-12-8-10-21(11-12)27(24,25)15-6-4-5-14-13(15)7-9-19-16(14)22/h4-7,9,12H,8,10-11H2,1-3H3,(H,19,22)(H,20,23). The third kappa shape index (κ3) is 4.14. The largest absolute Gasteiger partial charge is 0.444 e. The lowest BCUT2D eigenvalue weighted by molar-refractivity contribution is 0.0507. The summed E-state index contributed by atoms with van der Waals surface area (Å²) in [5, 5.41) is 3.41. The maximum atomic E-state index is 13.1. The van der Waals surface area contributed by atoms with Crippen molar-refractivity contribution in [3.63, 3.8) is 0 Å². The van der Waals surface area contributed by atoms with Gasteiger partial charge in [0.25, 0.3) is 5.56 Å². The van der Waals surface area contributed by atoms with Crippen LogP contribution in [-0.2, 0) is 14.8 Å². The van der Waals surface area contributed by atoms with Crippen LogP contribution in [0.2, 0.25) is 0 Å². The molecule has 2 aromatic rings. The van der Waals surface area contributed by atoms with Crippen LogP contribution in [0.4, 0.5) is 4.79 Å². The second kappa shape index (κ2) is 6.97. The van der Waals surface area contributed by atoms with E-state index in [1.165, 1.54) is 16.6 Å². The molecule has 146 valence electrons. The molecular formula is C18H23N3O5S. The van der Waals surface area contributed by atoms with Gasteiger partial charge in [0.2, 0.25) is 10.0 Å². The SMILES string of the molecule is CC(C)(C)OC(=O)NC1CCN(S(=O)(=O)c2cccc3c(=O)[nH]ccc23)C1. The van der Waals surface area contributed by atoms with Gasteiger partial charge in [-0.1, -0.05) is 6.07 Å². The number of aromatic nitrogens is 1. The fourth-order valence-corrected chi connectivity index (χ4v) is 4.80. The van der Waals surface area contributed by atoms with Gasteiger partial charge in [0.1, 0.15) is 5.60 Å². The second-order valence-corrected chi connectivity index (χ2v) is 9.43. The van der Waals surface area contributed by atoms with Gasteiger partial charge in [-0.25, -0.2) is 13.2 Å². The van der Waals surface area contributed by atoms with Crippen LogP contribution in [0.25, 0.3) is 10.8 Å². The molecule has 1 aliphatic heterocycles. The lowest BCUT2D eigenvalue weighted by Gasteiger charge is -2.22. The lowest BCUT2D eigenvalue weighted by Crippen LogP contribution is -2.41. The maximum Gasteiger partial charge on any atom is 0.407 e. The minimum atomic E-state index is -3.80. The van der Waals surface area contributed by atoms with E-state index in [-0.39, 0.29) is 29.6 Å². The van der Waals surface area contributed by atoms with Crippen molar-refractivity contribution in [2.75, 3.05) is 13.1 Å². The van der Waals surface area contributed by atoms with E-state index in [2.05, 4.69) is 10.3 Å². The Morgan fingerprint density at radius 1 is 1.26 bits per heavy atom. The van der Waals surface area contributed by atoms with Crippen LogP contribution in [0, 0.1) is 0 Å². The number of carbonyl (C=O) groups is 1.